The summed E-state index contributed by atoms with van der Waals surface area (Å²) in [6, 6.07) is 10.9. The fourth-order valence-corrected chi connectivity index (χ4v) is 6.02. The Kier molecular flexibility index (Phi) is 14.2. The molecule has 14 nitrogen and oxygen atoms in total. The molecule has 0 fully saturated rings. The molecule has 0 spiro atoms. The third-order valence-corrected chi connectivity index (χ3v) is 8.79. The number of aromatic nitrogens is 4. The zero-order chi connectivity index (χ0) is 33.8. The molecule has 250 valence electrons. The summed E-state index contributed by atoms with van der Waals surface area (Å²) in [6.07, 6.45) is 0.655. The minimum absolute atomic E-state index is 0.0220. The van der Waals surface area contributed by atoms with E-state index in [0.717, 1.165) is 0 Å². The van der Waals surface area contributed by atoms with Crippen LogP contribution in [0.2, 0.25) is 0 Å². The van der Waals surface area contributed by atoms with Crippen molar-refractivity contribution in [1.29, 1.82) is 5.26 Å². The van der Waals surface area contributed by atoms with Crippen LogP contribution in [0.4, 0.5) is 5.95 Å². The van der Waals surface area contributed by atoms with Gasteiger partial charge in [0, 0.05) is 18.0 Å². The van der Waals surface area contributed by atoms with Crippen LogP contribution in [0.5, 0.6) is 0 Å². The number of H-pyrrole nitrogens is 1. The molecular formula is C31H44N7O7P. The zero-order valence-corrected chi connectivity index (χ0v) is 28.3. The number of aromatic amines is 1. The number of rotatable bonds is 18. The van der Waals surface area contributed by atoms with E-state index in [9.17, 15) is 14.4 Å². The summed E-state index contributed by atoms with van der Waals surface area (Å²) in [7, 11) is -1.52. The molecule has 3 aromatic rings. The van der Waals surface area contributed by atoms with Gasteiger partial charge in [0.15, 0.2) is 17.4 Å². The van der Waals surface area contributed by atoms with E-state index >= 15 is 0 Å². The number of benzene rings is 1. The maximum absolute atomic E-state index is 12.9. The Morgan fingerprint density at radius 1 is 1.09 bits per heavy atom. The first-order valence-electron chi connectivity index (χ1n) is 15.3. The van der Waals surface area contributed by atoms with Crippen molar-refractivity contribution in [3.63, 3.8) is 0 Å². The van der Waals surface area contributed by atoms with Crippen LogP contribution < -0.4 is 10.9 Å². The van der Waals surface area contributed by atoms with Crippen LogP contribution in [0.15, 0.2) is 41.5 Å². The van der Waals surface area contributed by atoms with Crippen LogP contribution in [-0.2, 0) is 23.3 Å². The molecule has 0 radical (unpaired) electrons. The first-order valence-corrected chi connectivity index (χ1v) is 16.5. The van der Waals surface area contributed by atoms with Gasteiger partial charge >= 0.3 is 5.97 Å². The molecule has 46 heavy (non-hydrogen) atoms. The minimum Gasteiger partial charge on any atom is -0.457 e. The summed E-state index contributed by atoms with van der Waals surface area (Å²) >= 11 is 0. The predicted molar refractivity (Wildman–Crippen MR) is 174 cm³/mol. The number of fused-ring (bicyclic) bond motifs is 1. The lowest BCUT2D eigenvalue weighted by atomic mass is 10.2. The highest BCUT2D eigenvalue weighted by Gasteiger charge is 2.30. The average Bonchev–Trinajstić information content (AvgIpc) is 3.44. The monoisotopic (exact) mass is 657 g/mol. The lowest BCUT2D eigenvalue weighted by molar-refractivity contribution is -0.118. The van der Waals surface area contributed by atoms with Gasteiger partial charge in [0.05, 0.1) is 43.7 Å². The third kappa shape index (κ3) is 10.1. The van der Waals surface area contributed by atoms with E-state index in [1.165, 1.54) is 10.9 Å². The van der Waals surface area contributed by atoms with Gasteiger partial charge in [-0.05, 0) is 46.2 Å². The summed E-state index contributed by atoms with van der Waals surface area (Å²) < 4.78 is 28.1. The van der Waals surface area contributed by atoms with Gasteiger partial charge in [-0.25, -0.2) is 14.4 Å². The number of anilines is 1. The van der Waals surface area contributed by atoms with Gasteiger partial charge in [0.2, 0.25) is 11.9 Å². The van der Waals surface area contributed by atoms with Gasteiger partial charge in [-0.2, -0.15) is 10.2 Å². The van der Waals surface area contributed by atoms with Gasteiger partial charge < -0.3 is 18.5 Å². The molecule has 2 N–H and O–H groups in total. The Morgan fingerprint density at radius 2 is 1.78 bits per heavy atom. The maximum atomic E-state index is 12.9. The van der Waals surface area contributed by atoms with Crippen LogP contribution in [-0.4, -0.2) is 74.1 Å². The Hall–Kier alpha value is -3.73. The van der Waals surface area contributed by atoms with Crippen LogP contribution >= 0.6 is 8.53 Å². The number of hydrogen-bond donors (Lipinski definition) is 2. The molecule has 0 aliphatic heterocycles. The Morgan fingerprint density at radius 3 is 2.39 bits per heavy atom. The topological polar surface area (TPSA) is 174 Å². The predicted octanol–water partition coefficient (Wildman–Crippen LogP) is 5.16. The van der Waals surface area contributed by atoms with E-state index in [4.69, 9.17) is 23.8 Å². The van der Waals surface area contributed by atoms with Crippen LogP contribution in [0.3, 0.4) is 0 Å². The Balaban J connectivity index is 1.92. The van der Waals surface area contributed by atoms with Gasteiger partial charge in [-0.3, -0.25) is 24.5 Å². The fraction of sp³-hybridized carbons (Fsp3) is 0.548. The summed E-state index contributed by atoms with van der Waals surface area (Å²) in [4.78, 5) is 49.3. The number of carbonyl (C=O) groups is 2. The third-order valence-electron chi connectivity index (χ3n) is 6.71. The molecule has 1 amide bonds. The highest BCUT2D eigenvalue weighted by molar-refractivity contribution is 7.44. The number of nitriles is 1. The van der Waals surface area contributed by atoms with Crippen LogP contribution in [0, 0.1) is 17.2 Å². The van der Waals surface area contributed by atoms with E-state index in [1.807, 2.05) is 34.6 Å². The molecule has 0 aliphatic carbocycles. The number of nitrogens with one attached hydrogen (secondary N) is 2. The van der Waals surface area contributed by atoms with E-state index < -0.39 is 32.4 Å². The number of imidazole rings is 1. The maximum Gasteiger partial charge on any atom is 0.338 e. The van der Waals surface area contributed by atoms with Crippen molar-refractivity contribution in [3.05, 3.63) is 52.6 Å². The number of esters is 1. The van der Waals surface area contributed by atoms with Crippen LogP contribution in [0.1, 0.15) is 77.9 Å². The Bertz CT molecular complexity index is 1510. The van der Waals surface area contributed by atoms with Gasteiger partial charge in [-0.1, -0.05) is 39.0 Å². The van der Waals surface area contributed by atoms with Crippen LogP contribution in [0.25, 0.3) is 11.2 Å². The van der Waals surface area contributed by atoms with Crippen molar-refractivity contribution in [2.45, 2.75) is 85.7 Å². The summed E-state index contributed by atoms with van der Waals surface area (Å²) in [5.41, 5.74) is -0.0372. The molecule has 3 atom stereocenters. The lowest BCUT2D eigenvalue weighted by Crippen LogP contribution is -2.35. The van der Waals surface area contributed by atoms with Gasteiger partial charge in [-0.15, -0.1) is 0 Å². The number of ether oxygens (including phenoxy) is 2. The standard InChI is InChI=1S/C31H44N7O7P/c1-8-24(17-44-46(43-16-12-15-32)38(21(4)5)22(6)7)45-25(18-42-30(41)23-13-10-9-11-14-23)37-19-33-26-27(37)34-31(36-29(26)40)35-28(39)20(2)3/h9-11,13-14,19-22,24-25H,8,12,16-18H2,1-7H3,(H2,34,35,36,39,40)/t24-,25-,46?/m1/s1. The number of nitrogens with zero attached hydrogens (tertiary/aromatic N) is 5. The molecule has 2 aromatic heterocycles. The molecule has 0 saturated heterocycles. The molecule has 0 saturated carbocycles. The molecule has 1 unspecified atom stereocenters. The highest BCUT2D eigenvalue weighted by atomic mass is 31.2. The second kappa shape index (κ2) is 17.8. The molecule has 0 bridgehead atoms. The van der Waals surface area contributed by atoms with Crippen molar-refractivity contribution in [3.8, 4) is 6.07 Å². The van der Waals surface area contributed by atoms with Crippen molar-refractivity contribution in [2.75, 3.05) is 25.1 Å². The molecule has 0 aliphatic rings. The lowest BCUT2D eigenvalue weighted by Gasteiger charge is -2.36. The van der Waals surface area contributed by atoms with Crippen molar-refractivity contribution < 1.29 is 28.1 Å². The molecular weight excluding hydrogens is 613 g/mol. The van der Waals surface area contributed by atoms with Crippen molar-refractivity contribution in [1.82, 2.24) is 24.2 Å². The highest BCUT2D eigenvalue weighted by Crippen LogP contribution is 2.46. The molecule has 3 rings (SSSR count). The second-order valence-corrected chi connectivity index (χ2v) is 12.8. The number of amides is 1. The summed E-state index contributed by atoms with van der Waals surface area (Å²) in [5, 5.41) is 11.6. The average molecular weight is 658 g/mol. The fourth-order valence-electron chi connectivity index (χ4n) is 4.38. The van der Waals surface area contributed by atoms with E-state index in [2.05, 4.69) is 31.0 Å². The molecule has 2 heterocycles. The first-order chi connectivity index (χ1) is 22.0. The molecule has 1 aromatic carbocycles. The van der Waals surface area contributed by atoms with E-state index in [1.54, 1.807) is 44.2 Å². The number of hydrogen-bond acceptors (Lipinski definition) is 11. The van der Waals surface area contributed by atoms with Crippen molar-refractivity contribution in [2.24, 2.45) is 5.92 Å². The minimum atomic E-state index is -1.52. The van der Waals surface area contributed by atoms with Gasteiger partial charge in [0.25, 0.3) is 14.1 Å². The van der Waals surface area contributed by atoms with Gasteiger partial charge in [0.1, 0.15) is 6.61 Å². The SMILES string of the molecule is CC[C@H](COP(OCCC#N)N(C(C)C)C(C)C)O[C@H](COC(=O)c1ccccc1)n1cnc2c(=O)[nH]c(NC(=O)C(C)C)nc21. The Labute approximate surface area is 270 Å². The van der Waals surface area contributed by atoms with Crippen molar-refractivity contribution >= 4 is 37.5 Å². The molecule has 15 heteroatoms. The normalized spacial score (nSPS) is 13.7. The summed E-state index contributed by atoms with van der Waals surface area (Å²) in [6.45, 7) is 13.7. The number of carbonyl (C=O) groups excluding carboxylic acids is 2. The van der Waals surface area contributed by atoms with E-state index in [0.29, 0.717) is 12.0 Å². The second-order valence-electron chi connectivity index (χ2n) is 11.3. The summed E-state index contributed by atoms with van der Waals surface area (Å²) in [5.74, 6) is -1.28. The quantitative estimate of drug-likeness (QED) is 0.105. The zero-order valence-electron chi connectivity index (χ0n) is 27.4. The largest absolute Gasteiger partial charge is 0.457 e. The smallest absolute Gasteiger partial charge is 0.338 e. The van der Waals surface area contributed by atoms with E-state index in [-0.39, 0.29) is 67.3 Å². The first kappa shape index (κ1) is 36.7.